The molecule has 2 aliphatic rings. The minimum absolute atomic E-state index is 0.0793. The van der Waals surface area contributed by atoms with Crippen LogP contribution < -0.4 is 4.90 Å². The second-order valence-corrected chi connectivity index (χ2v) is 9.54. The molecule has 0 spiro atoms. The van der Waals surface area contributed by atoms with E-state index in [4.69, 9.17) is 11.6 Å². The number of halogens is 1. The summed E-state index contributed by atoms with van der Waals surface area (Å²) in [7, 11) is -3.06. The van der Waals surface area contributed by atoms with Crippen LogP contribution >= 0.6 is 23.4 Å². The number of rotatable bonds is 2. The highest BCUT2D eigenvalue weighted by molar-refractivity contribution is 8.16. The molecule has 0 N–H and O–H groups in total. The maximum absolute atomic E-state index is 12.0. The van der Waals surface area contributed by atoms with E-state index < -0.39 is 9.84 Å². The summed E-state index contributed by atoms with van der Waals surface area (Å²) in [4.78, 5) is 17.8. The number of hydrogen-bond donors (Lipinski definition) is 0. The predicted octanol–water partition coefficient (Wildman–Crippen LogP) is 2.66. The van der Waals surface area contributed by atoms with Gasteiger partial charge in [0, 0.05) is 22.4 Å². The van der Waals surface area contributed by atoms with Crippen molar-refractivity contribution in [3.05, 3.63) is 28.8 Å². The number of carbonyl (C=O) groups excluding carboxylic acids is 1. The van der Waals surface area contributed by atoms with Crippen LogP contribution in [0, 0.1) is 6.92 Å². The van der Waals surface area contributed by atoms with E-state index in [0.29, 0.717) is 16.6 Å². The van der Waals surface area contributed by atoms with Crippen molar-refractivity contribution >= 4 is 50.0 Å². The van der Waals surface area contributed by atoms with Gasteiger partial charge in [0.15, 0.2) is 15.0 Å². The van der Waals surface area contributed by atoms with Gasteiger partial charge < -0.3 is 4.90 Å². The molecule has 1 aromatic carbocycles. The standard InChI is InChI=1S/C15H17ClN2O3S2/c1-3-14(19)17-15-18(11-6-10(16)5-4-9(11)2)12-7-23(20,21)8-13(12)22-15/h4-6,12-13H,3,7-8H2,1-2H3/t12-,13-/m1/s1. The molecule has 5 nitrogen and oxygen atoms in total. The molecule has 1 aromatic rings. The molecule has 0 aromatic heterocycles. The Morgan fingerprint density at radius 1 is 1.43 bits per heavy atom. The molecular weight excluding hydrogens is 356 g/mol. The average molecular weight is 373 g/mol. The zero-order chi connectivity index (χ0) is 16.8. The van der Waals surface area contributed by atoms with Crippen LogP contribution in [-0.4, -0.2) is 42.3 Å². The fourth-order valence-electron chi connectivity index (χ4n) is 2.87. The number of nitrogens with zero attached hydrogens (tertiary/aromatic N) is 2. The number of carbonyl (C=O) groups is 1. The van der Waals surface area contributed by atoms with Gasteiger partial charge in [-0.3, -0.25) is 4.79 Å². The summed E-state index contributed by atoms with van der Waals surface area (Å²) in [6.07, 6.45) is 0.320. The maximum atomic E-state index is 12.0. The molecule has 0 radical (unpaired) electrons. The molecule has 1 amide bonds. The Morgan fingerprint density at radius 3 is 2.87 bits per heavy atom. The summed E-state index contributed by atoms with van der Waals surface area (Å²) < 4.78 is 24.0. The Kier molecular flexibility index (Phi) is 4.46. The Balaban J connectivity index is 2.08. The van der Waals surface area contributed by atoms with Crippen LogP contribution in [0.5, 0.6) is 0 Å². The highest BCUT2D eigenvalue weighted by atomic mass is 35.5. The molecule has 0 unspecified atom stereocenters. The van der Waals surface area contributed by atoms with Crippen LogP contribution in [0.15, 0.2) is 23.2 Å². The van der Waals surface area contributed by atoms with Crippen molar-refractivity contribution < 1.29 is 13.2 Å². The topological polar surface area (TPSA) is 66.8 Å². The van der Waals surface area contributed by atoms with Crippen molar-refractivity contribution in [2.75, 3.05) is 16.4 Å². The summed E-state index contributed by atoms with van der Waals surface area (Å²) >= 11 is 7.49. The smallest absolute Gasteiger partial charge is 0.247 e. The zero-order valence-corrected chi connectivity index (χ0v) is 15.2. The van der Waals surface area contributed by atoms with E-state index in [9.17, 15) is 13.2 Å². The third kappa shape index (κ3) is 3.27. The van der Waals surface area contributed by atoms with Crippen molar-refractivity contribution in [2.45, 2.75) is 31.6 Å². The second kappa shape index (κ2) is 6.11. The summed E-state index contributed by atoms with van der Waals surface area (Å²) in [5, 5.41) is 1.05. The van der Waals surface area contributed by atoms with Gasteiger partial charge in [0.25, 0.3) is 0 Å². The molecular formula is C15H17ClN2O3S2. The van der Waals surface area contributed by atoms with Gasteiger partial charge in [0.2, 0.25) is 5.91 Å². The number of aryl methyl sites for hydroxylation is 1. The number of sulfone groups is 1. The zero-order valence-electron chi connectivity index (χ0n) is 12.8. The van der Waals surface area contributed by atoms with Gasteiger partial charge >= 0.3 is 0 Å². The van der Waals surface area contributed by atoms with Crippen LogP contribution in [0.1, 0.15) is 18.9 Å². The molecule has 0 bridgehead atoms. The highest BCUT2D eigenvalue weighted by Gasteiger charge is 2.49. The van der Waals surface area contributed by atoms with Crippen molar-refractivity contribution in [2.24, 2.45) is 4.99 Å². The van der Waals surface area contributed by atoms with Gasteiger partial charge in [-0.2, -0.15) is 4.99 Å². The van der Waals surface area contributed by atoms with Crippen molar-refractivity contribution in [1.82, 2.24) is 0 Å². The van der Waals surface area contributed by atoms with Crippen LogP contribution in [0.4, 0.5) is 5.69 Å². The lowest BCUT2D eigenvalue weighted by molar-refractivity contribution is -0.117. The van der Waals surface area contributed by atoms with Gasteiger partial charge in [-0.05, 0) is 24.6 Å². The van der Waals surface area contributed by atoms with Crippen LogP contribution in [0.3, 0.4) is 0 Å². The van der Waals surface area contributed by atoms with E-state index in [1.54, 1.807) is 19.1 Å². The normalized spacial score (nSPS) is 27.4. The van der Waals surface area contributed by atoms with Gasteiger partial charge in [0.05, 0.1) is 17.5 Å². The first-order valence-electron chi connectivity index (χ1n) is 7.34. The van der Waals surface area contributed by atoms with Gasteiger partial charge in [-0.15, -0.1) is 0 Å². The average Bonchev–Trinajstić information content (AvgIpc) is 2.92. The minimum atomic E-state index is -3.06. The minimum Gasteiger partial charge on any atom is -0.315 e. The SMILES string of the molecule is CCC(=O)N=C1S[C@@H]2CS(=O)(=O)C[C@H]2N1c1cc(Cl)ccc1C. The van der Waals surface area contributed by atoms with E-state index in [1.807, 2.05) is 17.9 Å². The molecule has 2 atom stereocenters. The number of hydrogen-bond acceptors (Lipinski definition) is 4. The number of fused-ring (bicyclic) bond motifs is 1. The molecule has 3 rings (SSSR count). The lowest BCUT2D eigenvalue weighted by atomic mass is 10.1. The monoisotopic (exact) mass is 372 g/mol. The molecule has 2 fully saturated rings. The number of thioether (sulfide) groups is 1. The number of amides is 1. The lowest BCUT2D eigenvalue weighted by Crippen LogP contribution is -2.38. The lowest BCUT2D eigenvalue weighted by Gasteiger charge is -2.26. The molecule has 8 heteroatoms. The Bertz CT molecular complexity index is 792. The molecule has 23 heavy (non-hydrogen) atoms. The summed E-state index contributed by atoms with van der Waals surface area (Å²) in [6.45, 7) is 3.69. The first kappa shape index (κ1) is 16.8. The molecule has 2 heterocycles. The van der Waals surface area contributed by atoms with E-state index in [2.05, 4.69) is 4.99 Å². The van der Waals surface area contributed by atoms with Gasteiger partial charge in [-0.25, -0.2) is 8.42 Å². The Hall–Kier alpha value is -1.05. The fourth-order valence-corrected chi connectivity index (χ4v) is 6.96. The Morgan fingerprint density at radius 2 is 2.17 bits per heavy atom. The number of aliphatic imine (C=N–C) groups is 1. The maximum Gasteiger partial charge on any atom is 0.247 e. The first-order valence-corrected chi connectivity index (χ1v) is 10.4. The van der Waals surface area contributed by atoms with Crippen molar-refractivity contribution in [3.8, 4) is 0 Å². The number of benzene rings is 1. The predicted molar refractivity (Wildman–Crippen MR) is 95.2 cm³/mol. The largest absolute Gasteiger partial charge is 0.315 e. The van der Waals surface area contributed by atoms with Crippen LogP contribution in [-0.2, 0) is 14.6 Å². The molecule has 2 saturated heterocycles. The second-order valence-electron chi connectivity index (χ2n) is 5.74. The van der Waals surface area contributed by atoms with E-state index >= 15 is 0 Å². The van der Waals surface area contributed by atoms with Crippen LogP contribution in [0.25, 0.3) is 0 Å². The third-order valence-electron chi connectivity index (χ3n) is 4.02. The van der Waals surface area contributed by atoms with Crippen LogP contribution in [0.2, 0.25) is 5.02 Å². The van der Waals surface area contributed by atoms with Gasteiger partial charge in [-0.1, -0.05) is 36.4 Å². The molecule has 124 valence electrons. The molecule has 2 aliphatic heterocycles. The highest BCUT2D eigenvalue weighted by Crippen LogP contribution is 2.42. The van der Waals surface area contributed by atoms with Crippen molar-refractivity contribution in [1.29, 1.82) is 0 Å². The summed E-state index contributed by atoms with van der Waals surface area (Å²) in [5.74, 6) is -0.00620. The molecule has 0 aliphatic carbocycles. The number of amidine groups is 1. The van der Waals surface area contributed by atoms with Gasteiger partial charge in [0.1, 0.15) is 0 Å². The van der Waals surface area contributed by atoms with E-state index in [-0.39, 0.29) is 28.7 Å². The number of anilines is 1. The first-order chi connectivity index (χ1) is 10.8. The Labute approximate surface area is 145 Å². The van der Waals surface area contributed by atoms with Crippen molar-refractivity contribution in [3.63, 3.8) is 0 Å². The van der Waals surface area contributed by atoms with E-state index in [0.717, 1.165) is 11.3 Å². The third-order valence-corrected chi connectivity index (χ3v) is 7.46. The summed E-state index contributed by atoms with van der Waals surface area (Å²) in [5.41, 5.74) is 1.79. The fraction of sp³-hybridized carbons (Fsp3) is 0.467. The van der Waals surface area contributed by atoms with E-state index in [1.165, 1.54) is 11.8 Å². The summed E-state index contributed by atoms with van der Waals surface area (Å²) in [6, 6.07) is 5.28. The molecule has 0 saturated carbocycles. The quantitative estimate of drug-likeness (QED) is 0.798.